The normalized spacial score (nSPS) is 14.5. The first-order valence-electron chi connectivity index (χ1n) is 24.9. The first-order chi connectivity index (χ1) is 33.1. The fourth-order valence-corrected chi connectivity index (χ4v) is 13.4. The van der Waals surface area contributed by atoms with Crippen LogP contribution in [0.5, 0.6) is 0 Å². The molecule has 1 heteroatoms. The molecule has 0 aliphatic heterocycles. The Morgan fingerprint density at radius 3 is 1.43 bits per heavy atom. The largest absolute Gasteiger partial charge is 0.310 e. The van der Waals surface area contributed by atoms with E-state index in [1.165, 1.54) is 117 Å². The van der Waals surface area contributed by atoms with Crippen LogP contribution in [0, 0.1) is 13.8 Å². The van der Waals surface area contributed by atoms with Gasteiger partial charge in [-0.2, -0.15) is 0 Å². The van der Waals surface area contributed by atoms with Crippen molar-refractivity contribution >= 4 is 17.1 Å². The Kier molecular flexibility index (Phi) is 9.45. The molecule has 338 valence electrons. The van der Waals surface area contributed by atoms with Crippen LogP contribution in [-0.4, -0.2) is 0 Å². The lowest BCUT2D eigenvalue weighted by atomic mass is 9.62. The van der Waals surface area contributed by atoms with E-state index in [-0.39, 0.29) is 16.2 Å². The number of rotatable bonds is 5. The second-order valence-corrected chi connectivity index (χ2v) is 22.6. The SMILES string of the molecule is Cc1ccc2c(c1C(C)(C)C)C1(c3ccccc3-c3ccccc31)c1c-2c(N(c2ccc(-c3ccccc3)cc2)c2ccc(-c3cccc4c3-c3ccccc3C4(C)C)cc2)cc(C)c1C(C)(C)C. The molecule has 12 rings (SSSR count). The van der Waals surface area contributed by atoms with Gasteiger partial charge in [0.25, 0.3) is 0 Å². The fourth-order valence-electron chi connectivity index (χ4n) is 13.4. The van der Waals surface area contributed by atoms with Gasteiger partial charge in [-0.1, -0.05) is 213 Å². The van der Waals surface area contributed by atoms with Crippen molar-refractivity contribution in [3.05, 3.63) is 244 Å². The molecule has 3 aliphatic carbocycles. The average molecular weight is 892 g/mol. The van der Waals surface area contributed by atoms with Gasteiger partial charge in [0.1, 0.15) is 0 Å². The molecular formula is C68H61N. The van der Waals surface area contributed by atoms with E-state index in [1.54, 1.807) is 0 Å². The molecule has 1 nitrogen and oxygen atoms in total. The first-order valence-corrected chi connectivity index (χ1v) is 24.9. The van der Waals surface area contributed by atoms with Gasteiger partial charge >= 0.3 is 0 Å². The molecule has 9 aromatic carbocycles. The van der Waals surface area contributed by atoms with E-state index in [0.717, 1.165) is 11.4 Å². The Morgan fingerprint density at radius 1 is 0.362 bits per heavy atom. The molecule has 0 heterocycles. The summed E-state index contributed by atoms with van der Waals surface area (Å²) in [4.78, 5) is 2.57. The third-order valence-electron chi connectivity index (χ3n) is 15.9. The second-order valence-electron chi connectivity index (χ2n) is 22.6. The summed E-state index contributed by atoms with van der Waals surface area (Å²) in [6, 6.07) is 71.4. The number of fused-ring (bicyclic) bond motifs is 13. The third kappa shape index (κ3) is 6.15. The summed E-state index contributed by atoms with van der Waals surface area (Å²) in [6.45, 7) is 24.0. The topological polar surface area (TPSA) is 3.24 Å². The molecule has 69 heavy (non-hydrogen) atoms. The maximum atomic E-state index is 2.57. The highest BCUT2D eigenvalue weighted by Gasteiger charge is 2.56. The van der Waals surface area contributed by atoms with Gasteiger partial charge in [0, 0.05) is 22.4 Å². The number of benzene rings is 9. The van der Waals surface area contributed by atoms with Gasteiger partial charge in [-0.25, -0.2) is 0 Å². The lowest BCUT2D eigenvalue weighted by molar-refractivity contribution is 0.555. The van der Waals surface area contributed by atoms with E-state index < -0.39 is 5.41 Å². The molecule has 0 radical (unpaired) electrons. The van der Waals surface area contributed by atoms with Crippen molar-refractivity contribution in [2.24, 2.45) is 0 Å². The Hall–Kier alpha value is -7.22. The van der Waals surface area contributed by atoms with Crippen LogP contribution in [0.3, 0.4) is 0 Å². The fraction of sp³-hybridized carbons (Fsp3) is 0.206. The smallest absolute Gasteiger partial charge is 0.0732 e. The van der Waals surface area contributed by atoms with Gasteiger partial charge in [-0.05, 0) is 161 Å². The van der Waals surface area contributed by atoms with Gasteiger partial charge in [0.05, 0.1) is 11.1 Å². The van der Waals surface area contributed by atoms with Gasteiger partial charge in [-0.15, -0.1) is 0 Å². The zero-order valence-corrected chi connectivity index (χ0v) is 41.8. The van der Waals surface area contributed by atoms with E-state index in [1.807, 2.05) is 0 Å². The predicted molar refractivity (Wildman–Crippen MR) is 293 cm³/mol. The van der Waals surface area contributed by atoms with Crippen molar-refractivity contribution in [3.63, 3.8) is 0 Å². The molecule has 1 spiro atoms. The molecule has 0 unspecified atom stereocenters. The Balaban J connectivity index is 1.17. The van der Waals surface area contributed by atoms with Gasteiger partial charge in [0.15, 0.2) is 0 Å². The van der Waals surface area contributed by atoms with Gasteiger partial charge < -0.3 is 4.90 Å². The van der Waals surface area contributed by atoms with Gasteiger partial charge in [0.2, 0.25) is 0 Å². The van der Waals surface area contributed by atoms with Crippen LogP contribution in [0.15, 0.2) is 188 Å². The van der Waals surface area contributed by atoms with Crippen molar-refractivity contribution in [2.75, 3.05) is 4.90 Å². The Morgan fingerprint density at radius 2 is 0.841 bits per heavy atom. The highest BCUT2D eigenvalue weighted by molar-refractivity contribution is 6.04. The quantitative estimate of drug-likeness (QED) is 0.166. The zero-order chi connectivity index (χ0) is 47.8. The van der Waals surface area contributed by atoms with E-state index in [0.29, 0.717) is 0 Å². The molecular weight excluding hydrogens is 831 g/mol. The summed E-state index contributed by atoms with van der Waals surface area (Å²) in [7, 11) is 0. The van der Waals surface area contributed by atoms with Crippen LogP contribution in [0.25, 0.3) is 55.6 Å². The molecule has 0 fully saturated rings. The summed E-state index contributed by atoms with van der Waals surface area (Å²) >= 11 is 0. The molecule has 0 amide bonds. The summed E-state index contributed by atoms with van der Waals surface area (Å²) in [5, 5.41) is 0. The van der Waals surface area contributed by atoms with Crippen LogP contribution in [0.4, 0.5) is 17.1 Å². The summed E-state index contributed by atoms with van der Waals surface area (Å²) in [6.07, 6.45) is 0. The number of aryl methyl sites for hydroxylation is 2. The number of nitrogens with zero attached hydrogens (tertiary/aromatic N) is 1. The van der Waals surface area contributed by atoms with Crippen LogP contribution in [0.2, 0.25) is 0 Å². The third-order valence-corrected chi connectivity index (χ3v) is 15.9. The summed E-state index contributed by atoms with van der Waals surface area (Å²) in [5.41, 5.74) is 29.4. The van der Waals surface area contributed by atoms with Crippen LogP contribution in [-0.2, 0) is 21.7 Å². The first kappa shape index (κ1) is 43.1. The van der Waals surface area contributed by atoms with E-state index >= 15 is 0 Å². The van der Waals surface area contributed by atoms with Crippen molar-refractivity contribution in [1.29, 1.82) is 0 Å². The van der Waals surface area contributed by atoms with E-state index in [9.17, 15) is 0 Å². The number of hydrogen-bond acceptors (Lipinski definition) is 1. The minimum atomic E-state index is -0.541. The molecule has 0 N–H and O–H groups in total. The monoisotopic (exact) mass is 891 g/mol. The predicted octanol–water partition coefficient (Wildman–Crippen LogP) is 18.4. The number of anilines is 3. The minimum absolute atomic E-state index is 0.0680. The van der Waals surface area contributed by atoms with E-state index in [4.69, 9.17) is 0 Å². The maximum Gasteiger partial charge on any atom is 0.0732 e. The second kappa shape index (κ2) is 15.1. The van der Waals surface area contributed by atoms with Crippen molar-refractivity contribution in [1.82, 2.24) is 0 Å². The average Bonchev–Trinajstić information content (AvgIpc) is 3.90. The molecule has 0 saturated heterocycles. The molecule has 0 bridgehead atoms. The Labute approximate surface area is 410 Å². The minimum Gasteiger partial charge on any atom is -0.310 e. The molecule has 3 aliphatic rings. The number of hydrogen-bond donors (Lipinski definition) is 0. The van der Waals surface area contributed by atoms with Crippen molar-refractivity contribution < 1.29 is 0 Å². The van der Waals surface area contributed by atoms with Crippen molar-refractivity contribution in [3.8, 4) is 55.6 Å². The molecule has 0 aromatic heterocycles. The summed E-state index contributed by atoms with van der Waals surface area (Å²) < 4.78 is 0. The lowest BCUT2D eigenvalue weighted by Crippen LogP contribution is -2.33. The van der Waals surface area contributed by atoms with Gasteiger partial charge in [-0.3, -0.25) is 0 Å². The molecule has 0 atom stereocenters. The Bertz CT molecular complexity index is 3490. The highest BCUT2D eigenvalue weighted by atomic mass is 15.1. The lowest BCUT2D eigenvalue weighted by Gasteiger charge is -2.40. The van der Waals surface area contributed by atoms with E-state index in [2.05, 4.69) is 262 Å². The van der Waals surface area contributed by atoms with Crippen LogP contribution < -0.4 is 4.90 Å². The van der Waals surface area contributed by atoms with Crippen molar-refractivity contribution in [2.45, 2.75) is 90.9 Å². The maximum absolute atomic E-state index is 2.57. The van der Waals surface area contributed by atoms with Crippen LogP contribution in [0.1, 0.15) is 111 Å². The zero-order valence-electron chi connectivity index (χ0n) is 41.8. The molecule has 0 saturated carbocycles. The summed E-state index contributed by atoms with van der Waals surface area (Å²) in [5.74, 6) is 0. The molecule has 9 aromatic rings. The van der Waals surface area contributed by atoms with Crippen LogP contribution >= 0.6 is 0 Å². The highest BCUT2D eigenvalue weighted by Crippen LogP contribution is 2.68. The standard InChI is InChI=1S/C68H61N/c1-42-31-40-53-60-58(41-43(2)62(66(6,7)8)64(60)68(63(53)61(42)65(3,4)5)55-28-18-14-23-50(55)51-24-15-19-29-56(51)68)69(47-36-32-45(33-37-47)44-21-12-11-13-22-44)48-38-34-46(35-39-48)49-26-20-30-57-59(49)52-25-16-17-27-54(52)67(57,9)10/h11-41H,1-10H3.